The first-order valence-corrected chi connectivity index (χ1v) is 5.90. The van der Waals surface area contributed by atoms with Crippen LogP contribution in [-0.4, -0.2) is 26.4 Å². The van der Waals surface area contributed by atoms with Crippen LogP contribution in [0.3, 0.4) is 0 Å². The molecule has 1 saturated heterocycles. The van der Waals surface area contributed by atoms with Crippen molar-refractivity contribution >= 4 is 0 Å². The van der Waals surface area contributed by atoms with E-state index in [9.17, 15) is 0 Å². The Labute approximate surface area is 96.8 Å². The van der Waals surface area contributed by atoms with Crippen LogP contribution in [0.2, 0.25) is 0 Å². The summed E-state index contributed by atoms with van der Waals surface area (Å²) in [4.78, 5) is 0. The predicted octanol–water partition coefficient (Wildman–Crippen LogP) is 1.89. The zero-order valence-electron chi connectivity index (χ0n) is 9.74. The van der Waals surface area contributed by atoms with Gasteiger partial charge in [0.2, 0.25) is 0 Å². The van der Waals surface area contributed by atoms with Crippen LogP contribution < -0.4 is 5.32 Å². The quantitative estimate of drug-likeness (QED) is 0.842. The molecule has 1 aliphatic heterocycles. The Hall–Kier alpha value is -0.900. The summed E-state index contributed by atoms with van der Waals surface area (Å²) in [6, 6.07) is 10.2. The van der Waals surface area contributed by atoms with Gasteiger partial charge < -0.3 is 9.47 Å². The van der Waals surface area contributed by atoms with Gasteiger partial charge in [-0.15, -0.1) is 0 Å². The van der Waals surface area contributed by atoms with Crippen LogP contribution in [0.4, 0.5) is 0 Å². The van der Waals surface area contributed by atoms with E-state index in [1.54, 1.807) is 0 Å². The highest BCUT2D eigenvalue weighted by Gasteiger charge is 2.35. The van der Waals surface area contributed by atoms with E-state index < -0.39 is 5.72 Å². The van der Waals surface area contributed by atoms with Gasteiger partial charge in [0.05, 0.1) is 13.2 Å². The van der Waals surface area contributed by atoms with Gasteiger partial charge in [-0.2, -0.15) is 0 Å². The molecular weight excluding hydrogens is 202 g/mol. The first-order chi connectivity index (χ1) is 7.87. The summed E-state index contributed by atoms with van der Waals surface area (Å²) < 4.78 is 11.5. The van der Waals surface area contributed by atoms with E-state index in [4.69, 9.17) is 9.47 Å². The number of benzene rings is 1. The minimum Gasteiger partial charge on any atom is -0.375 e. The molecule has 1 unspecified atom stereocenters. The second kappa shape index (κ2) is 5.43. The topological polar surface area (TPSA) is 30.5 Å². The van der Waals surface area contributed by atoms with Crippen molar-refractivity contribution in [1.29, 1.82) is 0 Å². The van der Waals surface area contributed by atoms with Crippen molar-refractivity contribution in [2.75, 3.05) is 26.4 Å². The standard InChI is InChI=1S/C13H19NO2/c1-2-9-16-13(11-15-10-8-14-13)12-6-4-3-5-7-12/h3-7,14H,2,8-11H2,1H3. The molecule has 0 bridgehead atoms. The summed E-state index contributed by atoms with van der Waals surface area (Å²) in [5, 5.41) is 3.44. The van der Waals surface area contributed by atoms with Gasteiger partial charge in [0.15, 0.2) is 5.72 Å². The lowest BCUT2D eigenvalue weighted by atomic mass is 10.0. The van der Waals surface area contributed by atoms with Gasteiger partial charge in [0, 0.05) is 18.7 Å². The van der Waals surface area contributed by atoms with E-state index in [-0.39, 0.29) is 0 Å². The SMILES string of the molecule is CCCOC1(c2ccccc2)COCCN1. The van der Waals surface area contributed by atoms with Crippen LogP contribution in [0, 0.1) is 0 Å². The van der Waals surface area contributed by atoms with E-state index >= 15 is 0 Å². The maximum Gasteiger partial charge on any atom is 0.168 e. The van der Waals surface area contributed by atoms with Gasteiger partial charge in [-0.1, -0.05) is 37.3 Å². The van der Waals surface area contributed by atoms with Crippen molar-refractivity contribution in [2.24, 2.45) is 0 Å². The Kier molecular flexibility index (Phi) is 3.93. The summed E-state index contributed by atoms with van der Waals surface area (Å²) in [5.74, 6) is 0. The molecule has 0 aliphatic carbocycles. The summed E-state index contributed by atoms with van der Waals surface area (Å²) in [6.07, 6.45) is 1.01. The average Bonchev–Trinajstić information content (AvgIpc) is 2.38. The van der Waals surface area contributed by atoms with Gasteiger partial charge in [0.25, 0.3) is 0 Å². The van der Waals surface area contributed by atoms with Crippen molar-refractivity contribution in [3.05, 3.63) is 35.9 Å². The molecule has 1 heterocycles. The van der Waals surface area contributed by atoms with Crippen LogP contribution in [-0.2, 0) is 15.2 Å². The zero-order valence-corrected chi connectivity index (χ0v) is 9.74. The first kappa shape index (κ1) is 11.6. The fourth-order valence-electron chi connectivity index (χ4n) is 1.94. The monoisotopic (exact) mass is 221 g/mol. The molecule has 1 fully saturated rings. The molecule has 0 saturated carbocycles. The molecule has 2 rings (SSSR count). The van der Waals surface area contributed by atoms with E-state index in [2.05, 4.69) is 24.4 Å². The maximum absolute atomic E-state index is 5.97. The van der Waals surface area contributed by atoms with Gasteiger partial charge >= 0.3 is 0 Å². The fraction of sp³-hybridized carbons (Fsp3) is 0.538. The van der Waals surface area contributed by atoms with Crippen molar-refractivity contribution < 1.29 is 9.47 Å². The van der Waals surface area contributed by atoms with Crippen LogP contribution in [0.1, 0.15) is 18.9 Å². The third-order valence-electron chi connectivity index (χ3n) is 2.75. The van der Waals surface area contributed by atoms with Crippen LogP contribution in [0.15, 0.2) is 30.3 Å². The normalized spacial score (nSPS) is 25.6. The molecule has 88 valence electrons. The number of nitrogens with one attached hydrogen (secondary N) is 1. The lowest BCUT2D eigenvalue weighted by Gasteiger charge is -2.38. The van der Waals surface area contributed by atoms with Gasteiger partial charge in [0.1, 0.15) is 0 Å². The Bertz CT molecular complexity index is 307. The molecule has 3 nitrogen and oxygen atoms in total. The summed E-state index contributed by atoms with van der Waals surface area (Å²) in [7, 11) is 0. The summed E-state index contributed by atoms with van der Waals surface area (Å²) in [5.41, 5.74) is 0.693. The average molecular weight is 221 g/mol. The lowest BCUT2D eigenvalue weighted by molar-refractivity contribution is -0.149. The highest BCUT2D eigenvalue weighted by atomic mass is 16.6. The number of ether oxygens (including phenoxy) is 2. The highest BCUT2D eigenvalue weighted by molar-refractivity contribution is 5.22. The van der Waals surface area contributed by atoms with Crippen molar-refractivity contribution in [3.63, 3.8) is 0 Å². The molecule has 16 heavy (non-hydrogen) atoms. The molecule has 1 atom stereocenters. The molecule has 1 aromatic rings. The molecule has 1 aliphatic rings. The maximum atomic E-state index is 5.97. The number of hydrogen-bond donors (Lipinski definition) is 1. The van der Waals surface area contributed by atoms with E-state index in [0.29, 0.717) is 6.61 Å². The molecular formula is C13H19NO2. The second-order valence-corrected chi connectivity index (χ2v) is 4.02. The van der Waals surface area contributed by atoms with Gasteiger partial charge in [-0.25, -0.2) is 0 Å². The van der Waals surface area contributed by atoms with E-state index in [0.717, 1.165) is 31.7 Å². The molecule has 1 N–H and O–H groups in total. The van der Waals surface area contributed by atoms with Crippen molar-refractivity contribution in [1.82, 2.24) is 5.32 Å². The van der Waals surface area contributed by atoms with E-state index in [1.807, 2.05) is 18.2 Å². The van der Waals surface area contributed by atoms with Crippen LogP contribution in [0.25, 0.3) is 0 Å². The molecule has 1 aromatic carbocycles. The first-order valence-electron chi connectivity index (χ1n) is 5.90. The fourth-order valence-corrected chi connectivity index (χ4v) is 1.94. The van der Waals surface area contributed by atoms with Crippen LogP contribution >= 0.6 is 0 Å². The predicted molar refractivity (Wildman–Crippen MR) is 63.2 cm³/mol. The molecule has 0 aromatic heterocycles. The van der Waals surface area contributed by atoms with Crippen LogP contribution in [0.5, 0.6) is 0 Å². The van der Waals surface area contributed by atoms with Crippen molar-refractivity contribution in [2.45, 2.75) is 19.1 Å². The third-order valence-corrected chi connectivity index (χ3v) is 2.75. The molecule has 3 heteroatoms. The Morgan fingerprint density at radius 3 is 2.81 bits per heavy atom. The zero-order chi connectivity index (χ0) is 11.3. The van der Waals surface area contributed by atoms with Gasteiger partial charge in [-0.05, 0) is 6.42 Å². The number of hydrogen-bond acceptors (Lipinski definition) is 3. The Morgan fingerprint density at radius 2 is 2.19 bits per heavy atom. The summed E-state index contributed by atoms with van der Waals surface area (Å²) in [6.45, 7) is 5.02. The largest absolute Gasteiger partial charge is 0.375 e. The van der Waals surface area contributed by atoms with Gasteiger partial charge in [-0.3, -0.25) is 5.32 Å². The van der Waals surface area contributed by atoms with E-state index in [1.165, 1.54) is 0 Å². The number of rotatable bonds is 4. The summed E-state index contributed by atoms with van der Waals surface area (Å²) >= 11 is 0. The smallest absolute Gasteiger partial charge is 0.168 e. The minimum atomic E-state index is -0.449. The number of morpholine rings is 1. The highest BCUT2D eigenvalue weighted by Crippen LogP contribution is 2.25. The minimum absolute atomic E-state index is 0.449. The molecule has 0 radical (unpaired) electrons. The molecule has 0 spiro atoms. The Morgan fingerprint density at radius 1 is 1.38 bits per heavy atom. The Balaban J connectivity index is 2.19. The molecule has 0 amide bonds. The second-order valence-electron chi connectivity index (χ2n) is 4.02. The van der Waals surface area contributed by atoms with Crippen molar-refractivity contribution in [3.8, 4) is 0 Å². The lowest BCUT2D eigenvalue weighted by Crippen LogP contribution is -2.53. The third kappa shape index (κ3) is 2.43.